The number of aliphatic hydroxyl groups excluding tert-OH is 1. The third kappa shape index (κ3) is 4.20. The Kier molecular flexibility index (Phi) is 5.65. The molecule has 0 saturated carbocycles. The molecule has 0 bridgehead atoms. The Morgan fingerprint density at radius 2 is 1.95 bits per heavy atom. The average molecular weight is 344 g/mol. The van der Waals surface area contributed by atoms with Gasteiger partial charge in [-0.1, -0.05) is 30.1 Å². The fraction of sp³-hybridized carbons (Fsp3) is 0.267. The number of hydrogen-bond donors (Lipinski definition) is 2. The highest BCUT2D eigenvalue weighted by Gasteiger charge is 2.14. The summed E-state index contributed by atoms with van der Waals surface area (Å²) in [4.78, 5) is 13.6. The Morgan fingerprint density at radius 1 is 1.29 bits per heavy atom. The van der Waals surface area contributed by atoms with Gasteiger partial charge in [-0.25, -0.2) is 0 Å². The quantitative estimate of drug-likeness (QED) is 0.853. The summed E-state index contributed by atoms with van der Waals surface area (Å²) in [5.74, 6) is -0.180. The van der Waals surface area contributed by atoms with E-state index in [0.717, 1.165) is 10.4 Å². The van der Waals surface area contributed by atoms with E-state index in [9.17, 15) is 4.79 Å². The molecule has 1 heterocycles. The van der Waals surface area contributed by atoms with Crippen LogP contribution < -0.4 is 5.32 Å². The summed E-state index contributed by atoms with van der Waals surface area (Å²) >= 11 is 13.3. The maximum atomic E-state index is 12.1. The Morgan fingerprint density at radius 3 is 2.52 bits per heavy atom. The predicted molar refractivity (Wildman–Crippen MR) is 88.4 cm³/mol. The third-order valence-electron chi connectivity index (χ3n) is 3.03. The van der Waals surface area contributed by atoms with Crippen molar-refractivity contribution < 1.29 is 9.90 Å². The molecule has 1 atom stereocenters. The minimum atomic E-state index is -0.219. The lowest BCUT2D eigenvalue weighted by molar-refractivity contribution is 0.0919. The number of aliphatic hydroxyl groups is 1. The standard InChI is InChI=1S/C15H15Cl2NO2S/c1-2-12(8-19)18-15(20)14-4-3-13(21-14)9-5-10(16)7-11(17)6-9/h3-7,12,19H,2,8H2,1H3,(H,18,20). The molecule has 2 aromatic rings. The predicted octanol–water partition coefficient (Wildman–Crippen LogP) is 4.22. The molecule has 1 aromatic carbocycles. The zero-order valence-corrected chi connectivity index (χ0v) is 13.7. The number of hydrogen-bond acceptors (Lipinski definition) is 3. The molecule has 3 nitrogen and oxygen atoms in total. The summed E-state index contributed by atoms with van der Waals surface area (Å²) in [7, 11) is 0. The van der Waals surface area contributed by atoms with E-state index in [2.05, 4.69) is 5.32 Å². The molecule has 1 aromatic heterocycles. The maximum absolute atomic E-state index is 12.1. The molecule has 0 fully saturated rings. The van der Waals surface area contributed by atoms with Crippen LogP contribution in [0.1, 0.15) is 23.0 Å². The number of benzene rings is 1. The van der Waals surface area contributed by atoms with Gasteiger partial charge in [-0.15, -0.1) is 11.3 Å². The number of carbonyl (C=O) groups is 1. The third-order valence-corrected chi connectivity index (χ3v) is 4.59. The molecule has 112 valence electrons. The average Bonchev–Trinajstić information content (AvgIpc) is 2.93. The first-order valence-electron chi connectivity index (χ1n) is 6.51. The fourth-order valence-electron chi connectivity index (χ4n) is 1.84. The zero-order chi connectivity index (χ0) is 15.4. The molecule has 21 heavy (non-hydrogen) atoms. The lowest BCUT2D eigenvalue weighted by Gasteiger charge is -2.12. The molecule has 2 N–H and O–H groups in total. The number of carbonyl (C=O) groups excluding carboxylic acids is 1. The first-order chi connectivity index (χ1) is 10.0. The van der Waals surface area contributed by atoms with Crippen molar-refractivity contribution in [3.05, 3.63) is 45.3 Å². The summed E-state index contributed by atoms with van der Waals surface area (Å²) in [5.41, 5.74) is 0.880. The van der Waals surface area contributed by atoms with Crippen molar-refractivity contribution in [3.8, 4) is 10.4 Å². The van der Waals surface area contributed by atoms with Gasteiger partial charge in [0.2, 0.25) is 0 Å². The molecule has 1 unspecified atom stereocenters. The molecule has 0 aliphatic carbocycles. The molecule has 0 aliphatic rings. The van der Waals surface area contributed by atoms with Crippen LogP contribution in [0.3, 0.4) is 0 Å². The van der Waals surface area contributed by atoms with Crippen molar-refractivity contribution in [2.75, 3.05) is 6.61 Å². The lowest BCUT2D eigenvalue weighted by atomic mass is 10.2. The molecule has 0 spiro atoms. The van der Waals surface area contributed by atoms with Gasteiger partial charge in [0.25, 0.3) is 5.91 Å². The van der Waals surface area contributed by atoms with E-state index in [1.807, 2.05) is 25.1 Å². The summed E-state index contributed by atoms with van der Waals surface area (Å²) in [6.07, 6.45) is 0.685. The second-order valence-electron chi connectivity index (χ2n) is 4.58. The normalized spacial score (nSPS) is 12.2. The lowest BCUT2D eigenvalue weighted by Crippen LogP contribution is -2.36. The van der Waals surface area contributed by atoms with Crippen LogP contribution >= 0.6 is 34.5 Å². The van der Waals surface area contributed by atoms with Crippen LogP contribution in [0.15, 0.2) is 30.3 Å². The molecule has 0 radical (unpaired) electrons. The van der Waals surface area contributed by atoms with E-state index in [4.69, 9.17) is 28.3 Å². The molecular formula is C15H15Cl2NO2S. The first-order valence-corrected chi connectivity index (χ1v) is 8.08. The van der Waals surface area contributed by atoms with Gasteiger partial charge in [0.15, 0.2) is 0 Å². The molecule has 1 amide bonds. The maximum Gasteiger partial charge on any atom is 0.261 e. The van der Waals surface area contributed by atoms with E-state index >= 15 is 0 Å². The molecular weight excluding hydrogens is 329 g/mol. The second kappa shape index (κ2) is 7.27. The fourth-order valence-corrected chi connectivity index (χ4v) is 3.27. The summed E-state index contributed by atoms with van der Waals surface area (Å²) in [6, 6.07) is 8.69. The minimum absolute atomic E-state index is 0.0651. The van der Waals surface area contributed by atoms with Crippen LogP contribution in [-0.2, 0) is 0 Å². The van der Waals surface area contributed by atoms with E-state index in [1.54, 1.807) is 12.1 Å². The van der Waals surface area contributed by atoms with Gasteiger partial charge in [-0.2, -0.15) is 0 Å². The van der Waals surface area contributed by atoms with Gasteiger partial charge < -0.3 is 10.4 Å². The highest BCUT2D eigenvalue weighted by Crippen LogP contribution is 2.32. The Balaban J connectivity index is 2.19. The number of halogens is 2. The van der Waals surface area contributed by atoms with Gasteiger partial charge in [0, 0.05) is 14.9 Å². The van der Waals surface area contributed by atoms with Crippen LogP contribution in [0.25, 0.3) is 10.4 Å². The number of nitrogens with one attached hydrogen (secondary N) is 1. The Labute approximate surface area is 137 Å². The van der Waals surface area contributed by atoms with Crippen LogP contribution in [0, 0.1) is 0 Å². The number of rotatable bonds is 5. The van der Waals surface area contributed by atoms with Crippen LogP contribution in [0.4, 0.5) is 0 Å². The van der Waals surface area contributed by atoms with Gasteiger partial charge >= 0.3 is 0 Å². The smallest absolute Gasteiger partial charge is 0.261 e. The van der Waals surface area contributed by atoms with Crippen LogP contribution in [-0.4, -0.2) is 23.7 Å². The van der Waals surface area contributed by atoms with Crippen LogP contribution in [0.5, 0.6) is 0 Å². The van der Waals surface area contributed by atoms with E-state index in [-0.39, 0.29) is 18.6 Å². The molecule has 6 heteroatoms. The largest absolute Gasteiger partial charge is 0.394 e. The van der Waals surface area contributed by atoms with Crippen molar-refractivity contribution in [2.45, 2.75) is 19.4 Å². The van der Waals surface area contributed by atoms with Crippen molar-refractivity contribution >= 4 is 40.4 Å². The number of thiophene rings is 1. The van der Waals surface area contributed by atoms with Crippen LogP contribution in [0.2, 0.25) is 10.0 Å². The van der Waals surface area contributed by atoms with Gasteiger partial charge in [-0.05, 0) is 42.3 Å². The SMILES string of the molecule is CCC(CO)NC(=O)c1ccc(-c2cc(Cl)cc(Cl)c2)s1. The molecule has 0 aliphatic heterocycles. The van der Waals surface area contributed by atoms with Gasteiger partial charge in [0.05, 0.1) is 17.5 Å². The number of amides is 1. The monoisotopic (exact) mass is 343 g/mol. The summed E-state index contributed by atoms with van der Waals surface area (Å²) in [6.45, 7) is 1.85. The minimum Gasteiger partial charge on any atom is -0.394 e. The summed E-state index contributed by atoms with van der Waals surface area (Å²) in [5, 5.41) is 13.0. The van der Waals surface area contributed by atoms with E-state index in [0.29, 0.717) is 21.3 Å². The van der Waals surface area contributed by atoms with Crippen molar-refractivity contribution in [1.29, 1.82) is 0 Å². The van der Waals surface area contributed by atoms with E-state index in [1.165, 1.54) is 11.3 Å². The first kappa shape index (κ1) is 16.3. The highest BCUT2D eigenvalue weighted by atomic mass is 35.5. The van der Waals surface area contributed by atoms with Gasteiger partial charge in [-0.3, -0.25) is 4.79 Å². The highest BCUT2D eigenvalue weighted by molar-refractivity contribution is 7.17. The van der Waals surface area contributed by atoms with Crippen molar-refractivity contribution in [2.24, 2.45) is 0 Å². The second-order valence-corrected chi connectivity index (χ2v) is 6.54. The zero-order valence-electron chi connectivity index (χ0n) is 11.4. The Bertz CT molecular complexity index is 618. The topological polar surface area (TPSA) is 49.3 Å². The van der Waals surface area contributed by atoms with Crippen molar-refractivity contribution in [3.63, 3.8) is 0 Å². The molecule has 2 rings (SSSR count). The van der Waals surface area contributed by atoms with Crippen molar-refractivity contribution in [1.82, 2.24) is 5.32 Å². The van der Waals surface area contributed by atoms with Gasteiger partial charge in [0.1, 0.15) is 0 Å². The molecule has 0 saturated heterocycles. The summed E-state index contributed by atoms with van der Waals surface area (Å²) < 4.78 is 0. The van der Waals surface area contributed by atoms with E-state index < -0.39 is 0 Å². The Hall–Kier alpha value is -1.07.